The van der Waals surface area contributed by atoms with Gasteiger partial charge in [-0.3, -0.25) is 4.99 Å². The highest BCUT2D eigenvalue weighted by Gasteiger charge is 2.38. The third kappa shape index (κ3) is 5.52. The van der Waals surface area contributed by atoms with Gasteiger partial charge in [-0.1, -0.05) is 19.3 Å². The molecule has 0 aromatic rings. The zero-order valence-corrected chi connectivity index (χ0v) is 17.9. The molecule has 0 radical (unpaired) electrons. The van der Waals surface area contributed by atoms with Crippen LogP contribution in [0.3, 0.4) is 0 Å². The van der Waals surface area contributed by atoms with Gasteiger partial charge in [0.05, 0.1) is 17.0 Å². The summed E-state index contributed by atoms with van der Waals surface area (Å²) in [6.07, 6.45) is 6.62. The van der Waals surface area contributed by atoms with Crippen molar-refractivity contribution in [3.8, 4) is 0 Å². The Balaban J connectivity index is 2.03. The summed E-state index contributed by atoms with van der Waals surface area (Å²) in [7, 11) is -3.12. The van der Waals surface area contributed by atoms with E-state index >= 15 is 0 Å². The van der Waals surface area contributed by atoms with Crippen molar-refractivity contribution >= 4 is 27.6 Å². The van der Waals surface area contributed by atoms with Crippen LogP contribution in [0.1, 0.15) is 59.8 Å². The number of guanidine groups is 1. The van der Waals surface area contributed by atoms with Crippen LogP contribution in [0.15, 0.2) is 4.99 Å². The van der Waals surface area contributed by atoms with Gasteiger partial charge in [0.25, 0.3) is 0 Å². The van der Waals surface area contributed by atoms with Crippen molar-refractivity contribution in [1.82, 2.24) is 10.2 Å². The van der Waals surface area contributed by atoms with Crippen molar-refractivity contribution in [3.63, 3.8) is 0 Å². The Hall–Kier alpha value is -0.430. The van der Waals surface area contributed by atoms with Gasteiger partial charge >= 0.3 is 0 Å². The highest BCUT2D eigenvalue weighted by Crippen LogP contribution is 2.42. The van der Waals surface area contributed by atoms with Crippen LogP contribution in [0.25, 0.3) is 0 Å². The highest BCUT2D eigenvalue weighted by molar-refractivity contribution is 8.00. The summed E-state index contributed by atoms with van der Waals surface area (Å²) in [5.74, 6) is 2.13. The molecule has 0 aromatic heterocycles. The molecule has 2 aliphatic rings. The molecule has 1 saturated heterocycles. The van der Waals surface area contributed by atoms with Crippen LogP contribution in [0.2, 0.25) is 0 Å². The molecule has 1 saturated carbocycles. The fourth-order valence-electron chi connectivity index (χ4n) is 3.53. The molecule has 1 aliphatic carbocycles. The lowest BCUT2D eigenvalue weighted by atomic mass is 9.87. The van der Waals surface area contributed by atoms with Crippen LogP contribution in [-0.4, -0.2) is 66.5 Å². The number of hydrogen-bond donors (Lipinski definition) is 1. The Bertz CT molecular complexity index is 556. The minimum absolute atomic E-state index is 0.110. The van der Waals surface area contributed by atoms with Crippen LogP contribution in [-0.2, 0) is 9.84 Å². The van der Waals surface area contributed by atoms with Gasteiger partial charge in [-0.2, -0.15) is 11.8 Å². The summed E-state index contributed by atoms with van der Waals surface area (Å²) < 4.78 is 24.3. The summed E-state index contributed by atoms with van der Waals surface area (Å²) in [4.78, 5) is 7.01. The third-order valence-corrected chi connectivity index (χ3v) is 9.32. The molecule has 1 spiro atoms. The Morgan fingerprint density at radius 1 is 1.24 bits per heavy atom. The normalized spacial score (nSPS) is 22.2. The molecule has 0 bridgehead atoms. The standard InChI is InChI=1S/C18H35N3O2S2/c1-5-19-16(20-11-14-25(22,23)17(2,3)4)21-12-13-24-18(15-21)9-7-6-8-10-18/h5-15H2,1-4H3,(H,19,20). The summed E-state index contributed by atoms with van der Waals surface area (Å²) in [5, 5.41) is 3.37. The number of aliphatic imine (C=N–C) groups is 1. The molecule has 0 atom stereocenters. The minimum Gasteiger partial charge on any atom is -0.357 e. The predicted octanol–water partition coefficient (Wildman–Crippen LogP) is 2.92. The second-order valence-electron chi connectivity index (χ2n) is 8.18. The molecule has 1 N–H and O–H groups in total. The van der Waals surface area contributed by atoms with E-state index in [2.05, 4.69) is 33.9 Å². The van der Waals surface area contributed by atoms with Gasteiger partial charge in [0.15, 0.2) is 15.8 Å². The van der Waals surface area contributed by atoms with Crippen LogP contribution in [0, 0.1) is 0 Å². The van der Waals surface area contributed by atoms with Crippen LogP contribution in [0.5, 0.6) is 0 Å². The van der Waals surface area contributed by atoms with E-state index in [9.17, 15) is 8.42 Å². The highest BCUT2D eigenvalue weighted by atomic mass is 32.2. The zero-order chi connectivity index (χ0) is 18.6. The Morgan fingerprint density at radius 3 is 2.52 bits per heavy atom. The summed E-state index contributed by atoms with van der Waals surface area (Å²) in [6, 6.07) is 0. The summed E-state index contributed by atoms with van der Waals surface area (Å²) in [6.45, 7) is 10.5. The molecule has 5 nitrogen and oxygen atoms in total. The van der Waals surface area contributed by atoms with Gasteiger partial charge in [-0.25, -0.2) is 8.42 Å². The molecule has 0 unspecified atom stereocenters. The van der Waals surface area contributed by atoms with Crippen molar-refractivity contribution in [2.75, 3.05) is 37.7 Å². The number of nitrogens with zero attached hydrogens (tertiary/aromatic N) is 2. The first-order valence-electron chi connectivity index (χ1n) is 9.59. The molecule has 2 rings (SSSR count). The zero-order valence-electron chi connectivity index (χ0n) is 16.3. The molecule has 0 amide bonds. The van der Waals surface area contributed by atoms with Gasteiger partial charge in [-0.15, -0.1) is 0 Å². The Kier molecular flexibility index (Phi) is 7.10. The van der Waals surface area contributed by atoms with Crippen molar-refractivity contribution < 1.29 is 8.42 Å². The van der Waals surface area contributed by atoms with Crippen LogP contribution >= 0.6 is 11.8 Å². The van der Waals surface area contributed by atoms with E-state index in [-0.39, 0.29) is 5.75 Å². The lowest BCUT2D eigenvalue weighted by molar-refractivity contribution is 0.293. The van der Waals surface area contributed by atoms with E-state index < -0.39 is 14.6 Å². The first-order valence-corrected chi connectivity index (χ1v) is 12.2. The van der Waals surface area contributed by atoms with Gasteiger partial charge in [-0.05, 0) is 40.5 Å². The maximum atomic E-state index is 12.3. The lowest BCUT2D eigenvalue weighted by Crippen LogP contribution is -2.53. The van der Waals surface area contributed by atoms with E-state index in [4.69, 9.17) is 0 Å². The lowest BCUT2D eigenvalue weighted by Gasteiger charge is -2.45. The number of hydrogen-bond acceptors (Lipinski definition) is 4. The minimum atomic E-state index is -3.12. The monoisotopic (exact) mass is 389 g/mol. The van der Waals surface area contributed by atoms with Gasteiger partial charge in [0, 0.05) is 30.1 Å². The third-order valence-electron chi connectivity index (χ3n) is 5.20. The number of rotatable bonds is 4. The van der Waals surface area contributed by atoms with E-state index in [1.807, 2.05) is 0 Å². The van der Waals surface area contributed by atoms with Crippen molar-refractivity contribution in [2.45, 2.75) is 69.3 Å². The molecular weight excluding hydrogens is 354 g/mol. The maximum absolute atomic E-state index is 12.3. The van der Waals surface area contributed by atoms with Crippen LogP contribution < -0.4 is 5.32 Å². The fourth-order valence-corrected chi connectivity index (χ4v) is 6.04. The van der Waals surface area contributed by atoms with E-state index in [0.29, 0.717) is 11.3 Å². The van der Waals surface area contributed by atoms with Gasteiger partial charge in [0.2, 0.25) is 0 Å². The van der Waals surface area contributed by atoms with E-state index in [1.54, 1.807) is 20.8 Å². The SMILES string of the molecule is CCNC(=NCCS(=O)(=O)C(C)(C)C)N1CCSC2(CCCCC2)C1. The quantitative estimate of drug-likeness (QED) is 0.592. The average molecular weight is 390 g/mol. The smallest absolute Gasteiger partial charge is 0.194 e. The van der Waals surface area contributed by atoms with Crippen LogP contribution in [0.4, 0.5) is 0 Å². The Labute approximate surface area is 158 Å². The van der Waals surface area contributed by atoms with E-state index in [0.717, 1.165) is 31.3 Å². The first-order chi connectivity index (χ1) is 11.7. The molecule has 7 heteroatoms. The molecule has 1 aliphatic heterocycles. The van der Waals surface area contributed by atoms with Crippen molar-refractivity contribution in [2.24, 2.45) is 4.99 Å². The van der Waals surface area contributed by atoms with Gasteiger partial charge in [0.1, 0.15) is 0 Å². The average Bonchev–Trinajstić information content (AvgIpc) is 2.53. The van der Waals surface area contributed by atoms with Crippen molar-refractivity contribution in [3.05, 3.63) is 0 Å². The fraction of sp³-hybridized carbons (Fsp3) is 0.944. The van der Waals surface area contributed by atoms with Gasteiger partial charge < -0.3 is 10.2 Å². The topological polar surface area (TPSA) is 61.8 Å². The maximum Gasteiger partial charge on any atom is 0.194 e. The second kappa shape index (κ2) is 8.51. The van der Waals surface area contributed by atoms with E-state index in [1.165, 1.54) is 32.1 Å². The predicted molar refractivity (Wildman–Crippen MR) is 109 cm³/mol. The number of thioether (sulfide) groups is 1. The Morgan fingerprint density at radius 2 is 1.92 bits per heavy atom. The number of nitrogens with one attached hydrogen (secondary N) is 1. The summed E-state index contributed by atoms with van der Waals surface area (Å²) >= 11 is 2.14. The second-order valence-corrected chi connectivity index (χ2v) is 12.6. The molecular formula is C18H35N3O2S2. The molecule has 1 heterocycles. The first kappa shape index (κ1) is 20.9. The molecule has 0 aromatic carbocycles. The molecule has 25 heavy (non-hydrogen) atoms. The molecule has 2 fully saturated rings. The molecule has 146 valence electrons. The largest absolute Gasteiger partial charge is 0.357 e. The summed E-state index contributed by atoms with van der Waals surface area (Å²) in [5.41, 5.74) is 0. The number of sulfone groups is 1. The van der Waals surface area contributed by atoms with Crippen molar-refractivity contribution in [1.29, 1.82) is 0 Å².